The van der Waals surface area contributed by atoms with Gasteiger partial charge in [0.05, 0.1) is 11.7 Å². The highest BCUT2D eigenvalue weighted by molar-refractivity contribution is 5.81. The molecule has 0 aliphatic carbocycles. The Morgan fingerprint density at radius 2 is 2.12 bits per heavy atom. The summed E-state index contributed by atoms with van der Waals surface area (Å²) in [5.41, 5.74) is 9.41. The van der Waals surface area contributed by atoms with E-state index in [1.165, 1.54) is 24.0 Å². The fourth-order valence-corrected chi connectivity index (χ4v) is 3.95. The van der Waals surface area contributed by atoms with E-state index in [0.717, 1.165) is 44.0 Å². The lowest BCUT2D eigenvalue weighted by atomic mass is 9.95. The van der Waals surface area contributed by atoms with Gasteiger partial charge in [-0.15, -0.1) is 0 Å². The molecule has 0 saturated carbocycles. The Labute approximate surface area is 142 Å². The number of aromatic nitrogens is 2. The molecule has 0 spiro atoms. The van der Waals surface area contributed by atoms with Crippen LogP contribution in [0.5, 0.6) is 0 Å². The number of nitrogens with one attached hydrogen (secondary N) is 2. The summed E-state index contributed by atoms with van der Waals surface area (Å²) in [5.74, 6) is 0.903. The molecule has 4 rings (SSSR count). The van der Waals surface area contributed by atoms with E-state index < -0.39 is 0 Å². The number of anilines is 1. The lowest BCUT2D eigenvalue weighted by Gasteiger charge is -2.35. The standard InChI is InChI=1S/C18H24N6/c19-18(20)24-17-14(9-10-21-17)16(22-24)15-8-4-5-11-23(15)12-13-6-2-1-3-7-13/h1-3,6-7,15,21H,4-5,8-12H2,(H3,19,20). The Kier molecular flexibility index (Phi) is 3.98. The van der Waals surface area contributed by atoms with Crippen molar-refractivity contribution in [2.45, 2.75) is 38.3 Å². The molecule has 1 saturated heterocycles. The average molecular weight is 324 g/mol. The fourth-order valence-electron chi connectivity index (χ4n) is 3.95. The number of benzene rings is 1. The average Bonchev–Trinajstić information content (AvgIpc) is 3.18. The summed E-state index contributed by atoms with van der Waals surface area (Å²) >= 11 is 0. The smallest absolute Gasteiger partial charge is 0.215 e. The number of hydrogen-bond acceptors (Lipinski definition) is 4. The minimum Gasteiger partial charge on any atom is -0.369 e. The molecule has 4 N–H and O–H groups in total. The van der Waals surface area contributed by atoms with E-state index in [4.69, 9.17) is 16.2 Å². The quantitative estimate of drug-likeness (QED) is 0.598. The first-order valence-corrected chi connectivity index (χ1v) is 8.72. The van der Waals surface area contributed by atoms with Crippen molar-refractivity contribution in [3.8, 4) is 0 Å². The molecule has 2 aliphatic heterocycles. The minimum atomic E-state index is -0.0164. The van der Waals surface area contributed by atoms with Crippen LogP contribution in [0.15, 0.2) is 30.3 Å². The second kappa shape index (κ2) is 6.28. The van der Waals surface area contributed by atoms with Gasteiger partial charge >= 0.3 is 0 Å². The third kappa shape index (κ3) is 2.67. The van der Waals surface area contributed by atoms with Gasteiger partial charge in [0.1, 0.15) is 5.82 Å². The summed E-state index contributed by atoms with van der Waals surface area (Å²) in [6, 6.07) is 10.9. The lowest BCUT2D eigenvalue weighted by Crippen LogP contribution is -2.34. The highest BCUT2D eigenvalue weighted by Gasteiger charge is 2.32. The molecule has 1 unspecified atom stereocenters. The highest BCUT2D eigenvalue weighted by Crippen LogP contribution is 2.37. The molecular formula is C18H24N6. The molecular weight excluding hydrogens is 300 g/mol. The molecule has 1 atom stereocenters. The topological polar surface area (TPSA) is 83.0 Å². The number of nitrogens with zero attached hydrogens (tertiary/aromatic N) is 3. The maximum absolute atomic E-state index is 7.79. The predicted molar refractivity (Wildman–Crippen MR) is 95.2 cm³/mol. The Morgan fingerprint density at radius 3 is 2.92 bits per heavy atom. The van der Waals surface area contributed by atoms with Crippen molar-refractivity contribution >= 4 is 11.8 Å². The summed E-state index contributed by atoms with van der Waals surface area (Å²) in [6.45, 7) is 2.94. The Balaban J connectivity index is 1.66. The van der Waals surface area contributed by atoms with Gasteiger partial charge in [0.15, 0.2) is 0 Å². The van der Waals surface area contributed by atoms with Crippen LogP contribution in [0, 0.1) is 5.41 Å². The third-order valence-electron chi connectivity index (χ3n) is 5.07. The molecule has 2 aromatic rings. The third-order valence-corrected chi connectivity index (χ3v) is 5.07. The van der Waals surface area contributed by atoms with Gasteiger partial charge < -0.3 is 11.1 Å². The van der Waals surface area contributed by atoms with E-state index in [1.807, 2.05) is 0 Å². The Hall–Kier alpha value is -2.34. The maximum Gasteiger partial charge on any atom is 0.215 e. The van der Waals surface area contributed by atoms with Gasteiger partial charge in [-0.05, 0) is 31.4 Å². The number of piperidine rings is 1. The summed E-state index contributed by atoms with van der Waals surface area (Å²) in [5, 5.41) is 15.8. The van der Waals surface area contributed by atoms with Crippen molar-refractivity contribution in [1.82, 2.24) is 14.7 Å². The molecule has 0 radical (unpaired) electrons. The minimum absolute atomic E-state index is 0.0164. The zero-order valence-electron chi connectivity index (χ0n) is 13.8. The van der Waals surface area contributed by atoms with Gasteiger partial charge in [0, 0.05) is 18.7 Å². The summed E-state index contributed by atoms with van der Waals surface area (Å²) < 4.78 is 1.56. The first-order valence-electron chi connectivity index (χ1n) is 8.72. The van der Waals surface area contributed by atoms with Crippen molar-refractivity contribution in [1.29, 1.82) is 5.41 Å². The molecule has 3 heterocycles. The van der Waals surface area contributed by atoms with Crippen molar-refractivity contribution < 1.29 is 0 Å². The fraction of sp³-hybridized carbons (Fsp3) is 0.444. The zero-order chi connectivity index (χ0) is 16.5. The molecule has 1 aromatic carbocycles. The molecule has 6 heteroatoms. The van der Waals surface area contributed by atoms with E-state index in [0.29, 0.717) is 6.04 Å². The number of likely N-dealkylation sites (tertiary alicyclic amines) is 1. The van der Waals surface area contributed by atoms with Crippen molar-refractivity contribution in [2.75, 3.05) is 18.4 Å². The van der Waals surface area contributed by atoms with Crippen molar-refractivity contribution in [3.63, 3.8) is 0 Å². The van der Waals surface area contributed by atoms with E-state index in [1.54, 1.807) is 4.68 Å². The Bertz CT molecular complexity index is 735. The van der Waals surface area contributed by atoms with Crippen molar-refractivity contribution in [3.05, 3.63) is 47.2 Å². The van der Waals surface area contributed by atoms with Gasteiger partial charge in [-0.3, -0.25) is 10.3 Å². The van der Waals surface area contributed by atoms with Gasteiger partial charge in [0.2, 0.25) is 5.96 Å². The number of nitrogens with two attached hydrogens (primary N) is 1. The zero-order valence-corrected chi connectivity index (χ0v) is 13.8. The molecule has 126 valence electrons. The number of rotatable bonds is 3. The summed E-state index contributed by atoms with van der Waals surface area (Å²) in [6.07, 6.45) is 4.55. The van der Waals surface area contributed by atoms with Crippen LogP contribution in [-0.4, -0.2) is 33.7 Å². The lowest BCUT2D eigenvalue weighted by molar-refractivity contribution is 0.136. The van der Waals surface area contributed by atoms with Gasteiger partial charge in [0.25, 0.3) is 0 Å². The predicted octanol–water partition coefficient (Wildman–Crippen LogP) is 2.32. The van der Waals surface area contributed by atoms with E-state index >= 15 is 0 Å². The molecule has 0 bridgehead atoms. The summed E-state index contributed by atoms with van der Waals surface area (Å²) in [7, 11) is 0. The van der Waals surface area contributed by atoms with E-state index in [2.05, 4.69) is 40.5 Å². The van der Waals surface area contributed by atoms with Crippen LogP contribution in [0.2, 0.25) is 0 Å². The van der Waals surface area contributed by atoms with Crippen LogP contribution >= 0.6 is 0 Å². The maximum atomic E-state index is 7.79. The van der Waals surface area contributed by atoms with Gasteiger partial charge in [-0.2, -0.15) is 9.78 Å². The van der Waals surface area contributed by atoms with Crippen LogP contribution in [-0.2, 0) is 13.0 Å². The van der Waals surface area contributed by atoms with Crippen LogP contribution in [0.4, 0.5) is 5.82 Å². The highest BCUT2D eigenvalue weighted by atomic mass is 15.4. The molecule has 24 heavy (non-hydrogen) atoms. The first kappa shape index (κ1) is 15.2. The van der Waals surface area contributed by atoms with Crippen LogP contribution in [0.3, 0.4) is 0 Å². The largest absolute Gasteiger partial charge is 0.369 e. The molecule has 1 fully saturated rings. The number of hydrogen-bond donors (Lipinski definition) is 3. The van der Waals surface area contributed by atoms with Crippen LogP contribution in [0.25, 0.3) is 0 Å². The number of nitrogen functional groups attached to an aromatic ring is 1. The van der Waals surface area contributed by atoms with E-state index in [-0.39, 0.29) is 5.96 Å². The van der Waals surface area contributed by atoms with Crippen LogP contribution in [0.1, 0.15) is 42.1 Å². The van der Waals surface area contributed by atoms with E-state index in [9.17, 15) is 0 Å². The van der Waals surface area contributed by atoms with Crippen molar-refractivity contribution in [2.24, 2.45) is 5.73 Å². The number of fused-ring (bicyclic) bond motifs is 1. The molecule has 2 aliphatic rings. The summed E-state index contributed by atoms with van der Waals surface area (Å²) in [4.78, 5) is 2.53. The Morgan fingerprint density at radius 1 is 1.29 bits per heavy atom. The van der Waals surface area contributed by atoms with Gasteiger partial charge in [-0.25, -0.2) is 0 Å². The SMILES string of the molecule is N=C(N)n1nc(C2CCCCN2Cc2ccccc2)c2c1NCC2. The molecule has 6 nitrogen and oxygen atoms in total. The van der Waals surface area contributed by atoms with Gasteiger partial charge in [-0.1, -0.05) is 36.8 Å². The second-order valence-electron chi connectivity index (χ2n) is 6.65. The second-order valence-corrected chi connectivity index (χ2v) is 6.65. The first-order chi connectivity index (χ1) is 11.7. The van der Waals surface area contributed by atoms with Crippen LogP contribution < -0.4 is 11.1 Å². The molecule has 0 amide bonds. The monoisotopic (exact) mass is 324 g/mol. The molecule has 1 aromatic heterocycles. The normalized spacial score (nSPS) is 20.6.